The summed E-state index contributed by atoms with van der Waals surface area (Å²) in [5.41, 5.74) is 1.32. The van der Waals surface area contributed by atoms with Crippen LogP contribution in [0.1, 0.15) is 41.0 Å². The van der Waals surface area contributed by atoms with Gasteiger partial charge in [0.05, 0.1) is 0 Å². The summed E-state index contributed by atoms with van der Waals surface area (Å²) >= 11 is 2.27. The molecule has 0 spiro atoms. The Kier molecular flexibility index (Phi) is 10.4. The Morgan fingerprint density at radius 1 is 1.41 bits per heavy atom. The molecule has 0 radical (unpaired) electrons. The van der Waals surface area contributed by atoms with Gasteiger partial charge in [0.25, 0.3) is 0 Å². The third-order valence-corrected chi connectivity index (χ3v) is 5.02. The topological polar surface area (TPSA) is 26.1 Å². The number of hydrogen-bond donors (Lipinski definition) is 1. The van der Waals surface area contributed by atoms with Gasteiger partial charge >= 0.3 is 0 Å². The molecule has 0 amide bonds. The molecule has 0 saturated heterocycles. The zero-order valence-electron chi connectivity index (χ0n) is 14.4. The van der Waals surface area contributed by atoms with E-state index in [1.54, 1.807) is 7.05 Å². The van der Waals surface area contributed by atoms with Crippen LogP contribution in [0.4, 0.5) is 4.39 Å². The van der Waals surface area contributed by atoms with Crippen molar-refractivity contribution in [2.24, 2.45) is 11.8 Å². The third-order valence-electron chi connectivity index (χ3n) is 3.96. The van der Waals surface area contributed by atoms with E-state index in [2.05, 4.69) is 67.8 Å². The van der Waals surface area contributed by atoms with E-state index >= 15 is 0 Å². The van der Waals surface area contributed by atoms with Gasteiger partial charge in [0, 0.05) is 46.8 Å². The van der Waals surface area contributed by atoms with Crippen molar-refractivity contribution in [3.05, 3.63) is 33.0 Å². The maximum absolute atomic E-state index is 14.6. The normalized spacial score (nSPS) is 23.2. The second-order valence-electron chi connectivity index (χ2n) is 6.71. The maximum atomic E-state index is 14.6. The van der Waals surface area contributed by atoms with Gasteiger partial charge in [-0.1, -0.05) is 58.3 Å². The number of hydrogen-bond acceptors (Lipinski definition) is 1. The summed E-state index contributed by atoms with van der Waals surface area (Å²) in [6.07, 6.45) is 1.47. The average Bonchev–Trinajstić information content (AvgIpc) is 2.34. The molecule has 1 aliphatic rings. The molecular weight excluding hydrogens is 528 g/mol. The van der Waals surface area contributed by atoms with Gasteiger partial charge in [-0.2, -0.15) is 7.05 Å². The molecule has 0 heterocycles. The molecule has 0 aromatic heterocycles. The fourth-order valence-corrected chi connectivity index (χ4v) is 3.81. The Hall–Kier alpha value is 1.40. The van der Waals surface area contributed by atoms with E-state index in [1.807, 2.05) is 13.0 Å². The standard InChI is InChI=1S/C17H28FIN2.Sm/c1-10(2)12-8-13(14(18)9-15(12)19)17(5,6)21-16(20-7)11(3)4;/h8,10-11,14,16,21H,5,9H2,1-4,6-7H3;/q-2;/t14?,16?,17-;/m1./s1. The molecule has 0 saturated carbocycles. The summed E-state index contributed by atoms with van der Waals surface area (Å²) in [5.74, 6) is 0.741. The van der Waals surface area contributed by atoms with Crippen LogP contribution in [0.5, 0.6) is 0 Å². The molecule has 0 aromatic carbocycles. The minimum Gasteiger partial charge on any atom is -0.650 e. The number of rotatable bonds is 6. The largest absolute Gasteiger partial charge is 0.650 e. The molecule has 5 heteroatoms. The molecule has 1 N–H and O–H groups in total. The summed E-state index contributed by atoms with van der Waals surface area (Å²) in [6, 6.07) is 0. The van der Waals surface area contributed by atoms with Crippen LogP contribution in [-0.4, -0.2) is 24.9 Å². The predicted octanol–water partition coefficient (Wildman–Crippen LogP) is 5.17. The van der Waals surface area contributed by atoms with Crippen LogP contribution in [0.25, 0.3) is 5.32 Å². The molecular formula is C17H28FIN2Sm-2. The van der Waals surface area contributed by atoms with Crippen LogP contribution >= 0.6 is 22.6 Å². The summed E-state index contributed by atoms with van der Waals surface area (Å²) in [4.78, 5) is 0. The predicted molar refractivity (Wildman–Crippen MR) is 98.3 cm³/mol. The van der Waals surface area contributed by atoms with Gasteiger partial charge in [0.1, 0.15) is 6.17 Å². The van der Waals surface area contributed by atoms with Gasteiger partial charge in [0.15, 0.2) is 0 Å². The van der Waals surface area contributed by atoms with Crippen LogP contribution in [0.15, 0.2) is 20.8 Å². The molecule has 0 fully saturated rings. The number of nitrogens with zero attached hydrogens (tertiary/aromatic N) is 1. The molecule has 2 unspecified atom stereocenters. The van der Waals surface area contributed by atoms with Crippen molar-refractivity contribution in [3.8, 4) is 0 Å². The zero-order valence-corrected chi connectivity index (χ0v) is 19.2. The summed E-state index contributed by atoms with van der Waals surface area (Å²) in [6.45, 7) is 14.7. The Morgan fingerprint density at radius 2 is 1.95 bits per heavy atom. The Labute approximate surface area is 181 Å². The van der Waals surface area contributed by atoms with Crippen molar-refractivity contribution in [3.63, 3.8) is 0 Å². The molecule has 2 nitrogen and oxygen atoms in total. The van der Waals surface area contributed by atoms with Crippen molar-refractivity contribution in [2.45, 2.75) is 58.9 Å². The first-order chi connectivity index (χ1) is 9.60. The fraction of sp³-hybridized carbons (Fsp3) is 0.706. The van der Waals surface area contributed by atoms with Crippen LogP contribution < -0.4 is 5.32 Å². The Bertz CT molecular complexity index is 430. The van der Waals surface area contributed by atoms with E-state index in [9.17, 15) is 4.39 Å². The molecule has 128 valence electrons. The van der Waals surface area contributed by atoms with Crippen LogP contribution in [0.3, 0.4) is 0 Å². The number of halogens is 2. The van der Waals surface area contributed by atoms with Crippen LogP contribution in [0, 0.1) is 59.1 Å². The first kappa shape index (κ1) is 23.4. The van der Waals surface area contributed by atoms with Crippen molar-refractivity contribution < 1.29 is 44.8 Å². The minimum atomic E-state index is -0.973. The zero-order chi connectivity index (χ0) is 16.4. The van der Waals surface area contributed by atoms with Crippen molar-refractivity contribution in [1.29, 1.82) is 0 Å². The minimum absolute atomic E-state index is 0. The Balaban J connectivity index is 0.00000441. The van der Waals surface area contributed by atoms with E-state index in [-0.39, 0.29) is 46.6 Å². The van der Waals surface area contributed by atoms with E-state index in [1.165, 1.54) is 5.57 Å². The average molecular weight is 557 g/mol. The first-order valence-corrected chi connectivity index (χ1v) is 8.64. The molecule has 0 bridgehead atoms. The SMILES string of the molecule is [CH2-][C@](C)(NC([N-]C)C(C)C)C1=CC(C(C)C)=C(I)CC1F.[Sm]. The number of allylic oxidation sites excluding steroid dienone is 3. The third kappa shape index (κ3) is 6.04. The van der Waals surface area contributed by atoms with Gasteiger partial charge in [-0.25, -0.2) is 4.39 Å². The van der Waals surface area contributed by atoms with Gasteiger partial charge in [0.2, 0.25) is 0 Å². The van der Waals surface area contributed by atoms with E-state index in [4.69, 9.17) is 0 Å². The van der Waals surface area contributed by atoms with E-state index in [0.29, 0.717) is 18.3 Å². The molecule has 0 aromatic rings. The van der Waals surface area contributed by atoms with Crippen molar-refractivity contribution >= 4 is 22.6 Å². The van der Waals surface area contributed by atoms with Crippen LogP contribution in [-0.2, 0) is 0 Å². The molecule has 0 aliphatic heterocycles. The molecule has 1 rings (SSSR count). The number of nitrogens with one attached hydrogen (secondary N) is 1. The monoisotopic (exact) mass is 558 g/mol. The fourth-order valence-electron chi connectivity index (χ4n) is 2.65. The van der Waals surface area contributed by atoms with Crippen LogP contribution in [0.2, 0.25) is 0 Å². The summed E-state index contributed by atoms with van der Waals surface area (Å²) in [5, 5.41) is 7.75. The van der Waals surface area contributed by atoms with Crippen molar-refractivity contribution in [1.82, 2.24) is 5.32 Å². The second kappa shape index (κ2) is 9.77. The summed E-state index contributed by atoms with van der Waals surface area (Å²) in [7, 11) is 1.79. The van der Waals surface area contributed by atoms with Crippen molar-refractivity contribution in [2.75, 3.05) is 7.05 Å². The second-order valence-corrected chi connectivity index (χ2v) is 8.01. The van der Waals surface area contributed by atoms with Gasteiger partial charge in [-0.15, -0.1) is 0 Å². The maximum Gasteiger partial charge on any atom is 0.125 e. The van der Waals surface area contributed by atoms with Gasteiger partial charge in [-0.3, -0.25) is 0 Å². The smallest absolute Gasteiger partial charge is 0.125 e. The van der Waals surface area contributed by atoms with Gasteiger partial charge in [-0.05, 0) is 43.2 Å². The molecule has 3 atom stereocenters. The first-order valence-electron chi connectivity index (χ1n) is 7.56. The Morgan fingerprint density at radius 3 is 2.36 bits per heavy atom. The van der Waals surface area contributed by atoms with E-state index < -0.39 is 11.7 Å². The molecule has 1 aliphatic carbocycles. The van der Waals surface area contributed by atoms with Gasteiger partial charge < -0.3 is 17.6 Å². The van der Waals surface area contributed by atoms with E-state index in [0.717, 1.165) is 9.15 Å². The number of alkyl halides is 1. The summed E-state index contributed by atoms with van der Waals surface area (Å²) < 4.78 is 15.7. The quantitative estimate of drug-likeness (QED) is 0.355. The molecule has 22 heavy (non-hydrogen) atoms.